The molecular weight excluding hydrogens is 230 g/mol. The Labute approximate surface area is 107 Å². The quantitative estimate of drug-likeness (QED) is 0.867. The molecule has 0 saturated carbocycles. The second-order valence-corrected chi connectivity index (χ2v) is 5.09. The van der Waals surface area contributed by atoms with Crippen LogP contribution in [0.4, 0.5) is 5.82 Å². The van der Waals surface area contributed by atoms with E-state index in [0.717, 1.165) is 25.8 Å². The minimum Gasteiger partial charge on any atom is -0.393 e. The van der Waals surface area contributed by atoms with Crippen LogP contribution in [-0.2, 0) is 7.05 Å². The minimum absolute atomic E-state index is 0.0602. The van der Waals surface area contributed by atoms with Crippen LogP contribution in [-0.4, -0.2) is 33.3 Å². The first-order valence-corrected chi connectivity index (χ1v) is 6.56. The molecule has 100 valence electrons. The van der Waals surface area contributed by atoms with E-state index >= 15 is 0 Å². The Bertz CT molecular complexity index is 456. The van der Waals surface area contributed by atoms with Crippen LogP contribution < -0.4 is 10.5 Å². The Morgan fingerprint density at radius 2 is 2.33 bits per heavy atom. The van der Waals surface area contributed by atoms with Gasteiger partial charge in [0.25, 0.3) is 5.56 Å². The average Bonchev–Trinajstić information content (AvgIpc) is 2.33. The molecule has 5 heteroatoms. The fourth-order valence-corrected chi connectivity index (χ4v) is 2.60. The van der Waals surface area contributed by atoms with Gasteiger partial charge in [-0.05, 0) is 32.6 Å². The molecule has 0 radical (unpaired) electrons. The number of hydrogen-bond donors (Lipinski definition) is 1. The van der Waals surface area contributed by atoms with Gasteiger partial charge in [0.1, 0.15) is 0 Å². The van der Waals surface area contributed by atoms with Gasteiger partial charge in [0.05, 0.1) is 6.10 Å². The largest absolute Gasteiger partial charge is 0.393 e. The van der Waals surface area contributed by atoms with Crippen LogP contribution in [0.3, 0.4) is 0 Å². The molecule has 1 fully saturated rings. The van der Waals surface area contributed by atoms with Crippen LogP contribution in [0.15, 0.2) is 17.2 Å². The summed E-state index contributed by atoms with van der Waals surface area (Å²) >= 11 is 0. The molecule has 2 rings (SSSR count). The van der Waals surface area contributed by atoms with Crippen molar-refractivity contribution >= 4 is 5.82 Å². The maximum Gasteiger partial charge on any atom is 0.293 e. The van der Waals surface area contributed by atoms with Crippen molar-refractivity contribution in [3.8, 4) is 0 Å². The lowest BCUT2D eigenvalue weighted by Crippen LogP contribution is -2.45. The molecule has 2 atom stereocenters. The van der Waals surface area contributed by atoms with E-state index in [2.05, 4.69) is 9.88 Å². The molecule has 1 aliphatic heterocycles. The molecule has 0 aliphatic carbocycles. The van der Waals surface area contributed by atoms with Crippen LogP contribution in [0, 0.1) is 0 Å². The normalized spacial score (nSPS) is 21.9. The third-order valence-corrected chi connectivity index (χ3v) is 3.51. The van der Waals surface area contributed by atoms with E-state index in [1.165, 1.54) is 0 Å². The van der Waals surface area contributed by atoms with Gasteiger partial charge in [-0.15, -0.1) is 0 Å². The zero-order chi connectivity index (χ0) is 13.1. The van der Waals surface area contributed by atoms with E-state index in [1.54, 1.807) is 30.9 Å². The van der Waals surface area contributed by atoms with E-state index in [4.69, 9.17) is 0 Å². The number of hydrogen-bond acceptors (Lipinski definition) is 4. The molecule has 2 heterocycles. The fraction of sp³-hybridized carbons (Fsp3) is 0.692. The summed E-state index contributed by atoms with van der Waals surface area (Å²) in [6, 6.07) is 0.223. The first kappa shape index (κ1) is 13.1. The van der Waals surface area contributed by atoms with Gasteiger partial charge in [-0.25, -0.2) is 4.98 Å². The highest BCUT2D eigenvalue weighted by Gasteiger charge is 2.26. The molecule has 18 heavy (non-hydrogen) atoms. The third kappa shape index (κ3) is 2.72. The lowest BCUT2D eigenvalue weighted by atomic mass is 9.97. The average molecular weight is 251 g/mol. The summed E-state index contributed by atoms with van der Waals surface area (Å²) in [4.78, 5) is 18.4. The maximum atomic E-state index is 12.1. The fourth-order valence-electron chi connectivity index (χ4n) is 2.60. The molecule has 0 bridgehead atoms. The van der Waals surface area contributed by atoms with Crippen LogP contribution in [0.25, 0.3) is 0 Å². The number of piperidine rings is 1. The Morgan fingerprint density at radius 1 is 1.56 bits per heavy atom. The summed E-state index contributed by atoms with van der Waals surface area (Å²) in [6.45, 7) is 2.65. The van der Waals surface area contributed by atoms with E-state index < -0.39 is 0 Å². The summed E-state index contributed by atoms with van der Waals surface area (Å²) in [6.07, 6.45) is 6.93. The number of aliphatic hydroxyl groups excluding tert-OH is 1. The summed E-state index contributed by atoms with van der Waals surface area (Å²) < 4.78 is 1.55. The Kier molecular flexibility index (Phi) is 4.01. The lowest BCUT2D eigenvalue weighted by Gasteiger charge is -2.36. The smallest absolute Gasteiger partial charge is 0.293 e. The highest BCUT2D eigenvalue weighted by atomic mass is 16.3. The summed E-state index contributed by atoms with van der Waals surface area (Å²) in [5, 5.41) is 9.56. The zero-order valence-corrected chi connectivity index (χ0v) is 11.0. The van der Waals surface area contributed by atoms with Gasteiger partial charge in [-0.1, -0.05) is 0 Å². The monoisotopic (exact) mass is 251 g/mol. The Morgan fingerprint density at radius 3 is 3.06 bits per heavy atom. The number of anilines is 1. The first-order valence-electron chi connectivity index (χ1n) is 6.56. The second kappa shape index (κ2) is 5.52. The van der Waals surface area contributed by atoms with E-state index in [-0.39, 0.29) is 17.7 Å². The molecule has 1 aromatic heterocycles. The number of rotatable bonds is 3. The molecule has 0 aromatic carbocycles. The molecule has 0 amide bonds. The number of aryl methyl sites for hydroxylation is 1. The predicted octanol–water partition coefficient (Wildman–Crippen LogP) is 0.910. The van der Waals surface area contributed by atoms with Gasteiger partial charge >= 0.3 is 0 Å². The topological polar surface area (TPSA) is 58.4 Å². The van der Waals surface area contributed by atoms with Crippen molar-refractivity contribution in [2.45, 2.75) is 44.8 Å². The SMILES string of the molecule is CC(O)CC1CCCCN1c1nccn(C)c1=O. The van der Waals surface area contributed by atoms with Crippen molar-refractivity contribution in [2.24, 2.45) is 7.05 Å². The van der Waals surface area contributed by atoms with Crippen LogP contribution >= 0.6 is 0 Å². The predicted molar refractivity (Wildman–Crippen MR) is 70.8 cm³/mol. The van der Waals surface area contributed by atoms with Crippen molar-refractivity contribution in [3.63, 3.8) is 0 Å². The van der Waals surface area contributed by atoms with Gasteiger partial charge in [0.2, 0.25) is 0 Å². The third-order valence-electron chi connectivity index (χ3n) is 3.51. The highest BCUT2D eigenvalue weighted by molar-refractivity contribution is 5.37. The van der Waals surface area contributed by atoms with E-state index in [9.17, 15) is 9.90 Å². The highest BCUT2D eigenvalue weighted by Crippen LogP contribution is 2.23. The molecule has 1 N–H and O–H groups in total. The van der Waals surface area contributed by atoms with Crippen LogP contribution in [0.2, 0.25) is 0 Å². The number of nitrogens with zero attached hydrogens (tertiary/aromatic N) is 3. The van der Waals surface area contributed by atoms with Crippen molar-refractivity contribution in [1.29, 1.82) is 0 Å². The van der Waals surface area contributed by atoms with Gasteiger partial charge in [-0.2, -0.15) is 0 Å². The first-order chi connectivity index (χ1) is 8.59. The minimum atomic E-state index is -0.344. The second-order valence-electron chi connectivity index (χ2n) is 5.09. The molecule has 5 nitrogen and oxygen atoms in total. The van der Waals surface area contributed by atoms with Gasteiger partial charge in [-0.3, -0.25) is 4.79 Å². The number of aliphatic hydroxyl groups is 1. The standard InChI is InChI=1S/C13H21N3O2/c1-10(17)9-11-5-3-4-7-16(11)12-13(18)15(2)8-6-14-12/h6,8,10-11,17H,3-5,7,9H2,1-2H3. The molecule has 0 spiro atoms. The molecule has 1 saturated heterocycles. The van der Waals surface area contributed by atoms with Gasteiger partial charge in [0.15, 0.2) is 5.82 Å². The lowest BCUT2D eigenvalue weighted by molar-refractivity contribution is 0.167. The molecule has 2 unspecified atom stereocenters. The van der Waals surface area contributed by atoms with Gasteiger partial charge in [0, 0.05) is 32.0 Å². The van der Waals surface area contributed by atoms with E-state index in [0.29, 0.717) is 12.2 Å². The molecule has 1 aromatic rings. The van der Waals surface area contributed by atoms with Gasteiger partial charge < -0.3 is 14.6 Å². The van der Waals surface area contributed by atoms with Crippen molar-refractivity contribution < 1.29 is 5.11 Å². The Balaban J connectivity index is 2.28. The maximum absolute atomic E-state index is 12.1. The Hall–Kier alpha value is -1.36. The van der Waals surface area contributed by atoms with Crippen LogP contribution in [0.5, 0.6) is 0 Å². The molecular formula is C13H21N3O2. The van der Waals surface area contributed by atoms with E-state index in [1.807, 2.05) is 0 Å². The number of aromatic nitrogens is 2. The van der Waals surface area contributed by atoms with Crippen molar-refractivity contribution in [2.75, 3.05) is 11.4 Å². The van der Waals surface area contributed by atoms with Crippen molar-refractivity contribution in [1.82, 2.24) is 9.55 Å². The van der Waals surface area contributed by atoms with Crippen molar-refractivity contribution in [3.05, 3.63) is 22.7 Å². The summed E-state index contributed by atoms with van der Waals surface area (Å²) in [7, 11) is 1.74. The summed E-state index contributed by atoms with van der Waals surface area (Å²) in [5.41, 5.74) is -0.0602. The molecule has 1 aliphatic rings. The zero-order valence-electron chi connectivity index (χ0n) is 11.0. The van der Waals surface area contributed by atoms with Crippen LogP contribution in [0.1, 0.15) is 32.6 Å². The summed E-state index contributed by atoms with van der Waals surface area (Å²) in [5.74, 6) is 0.519.